The minimum Gasteiger partial charge on any atom is -0.494 e. The van der Waals surface area contributed by atoms with Crippen LogP contribution in [0.15, 0.2) is 42.5 Å². The molecule has 0 spiro atoms. The fraction of sp³-hybridized carbons (Fsp3) is 0.552. The second kappa shape index (κ2) is 12.1. The lowest BCUT2D eigenvalue weighted by atomic mass is 9.87. The number of aryl methyl sites for hydroxylation is 2. The van der Waals surface area contributed by atoms with E-state index in [-0.39, 0.29) is 5.91 Å². The van der Waals surface area contributed by atoms with E-state index in [0.717, 1.165) is 54.5 Å². The molecule has 1 amide bonds. The molecule has 2 aromatic rings. The van der Waals surface area contributed by atoms with Crippen LogP contribution in [0, 0.1) is 25.2 Å². The molecule has 0 atom stereocenters. The average Bonchev–Trinajstić information content (AvgIpc) is 2.80. The number of rotatable bonds is 11. The lowest BCUT2D eigenvalue weighted by Crippen LogP contribution is -2.31. The molecule has 1 fully saturated rings. The summed E-state index contributed by atoms with van der Waals surface area (Å²) in [5, 5.41) is 3.06. The van der Waals surface area contributed by atoms with E-state index in [9.17, 15) is 4.79 Å². The van der Waals surface area contributed by atoms with Gasteiger partial charge in [0.05, 0.1) is 13.2 Å². The number of benzene rings is 2. The van der Waals surface area contributed by atoms with Crippen molar-refractivity contribution < 1.29 is 14.3 Å². The maximum Gasteiger partial charge on any atom is 0.230 e. The Bertz CT molecular complexity index is 882. The van der Waals surface area contributed by atoms with Gasteiger partial charge in [-0.3, -0.25) is 4.79 Å². The lowest BCUT2D eigenvalue weighted by Gasteiger charge is -2.24. The van der Waals surface area contributed by atoms with Crippen molar-refractivity contribution in [2.45, 2.75) is 79.1 Å². The van der Waals surface area contributed by atoms with Gasteiger partial charge in [-0.1, -0.05) is 58.1 Å². The predicted molar refractivity (Wildman–Crippen MR) is 136 cm³/mol. The summed E-state index contributed by atoms with van der Waals surface area (Å²) in [7, 11) is 0. The van der Waals surface area contributed by atoms with Crippen LogP contribution in [0.2, 0.25) is 0 Å². The number of hydrogen-bond donors (Lipinski definition) is 1. The van der Waals surface area contributed by atoms with E-state index in [2.05, 4.69) is 37.4 Å². The van der Waals surface area contributed by atoms with Crippen LogP contribution in [0.4, 0.5) is 5.69 Å². The van der Waals surface area contributed by atoms with Crippen molar-refractivity contribution in [3.63, 3.8) is 0 Å². The van der Waals surface area contributed by atoms with Crippen LogP contribution in [-0.4, -0.2) is 19.1 Å². The summed E-state index contributed by atoms with van der Waals surface area (Å²) in [5.74, 6) is 2.65. The molecule has 4 heteroatoms. The Morgan fingerprint density at radius 2 is 1.70 bits per heavy atom. The number of carbonyl (C=O) groups excluding carboxylic acids is 1. The molecular weight excluding hydrogens is 410 g/mol. The quantitative estimate of drug-likeness (QED) is 0.360. The Kier molecular flexibility index (Phi) is 9.22. The molecular formula is C29H41NO3. The van der Waals surface area contributed by atoms with Gasteiger partial charge in [0.15, 0.2) is 0 Å². The van der Waals surface area contributed by atoms with Gasteiger partial charge in [-0.05, 0) is 80.5 Å². The zero-order valence-corrected chi connectivity index (χ0v) is 20.9. The lowest BCUT2D eigenvalue weighted by molar-refractivity contribution is -0.124. The molecule has 1 saturated carbocycles. The van der Waals surface area contributed by atoms with Crippen molar-refractivity contribution in [1.82, 2.24) is 0 Å². The smallest absolute Gasteiger partial charge is 0.230 e. The fourth-order valence-electron chi connectivity index (χ4n) is 4.43. The number of amides is 1. The Labute approximate surface area is 200 Å². The summed E-state index contributed by atoms with van der Waals surface area (Å²) in [6, 6.07) is 14.0. The summed E-state index contributed by atoms with van der Waals surface area (Å²) in [6.45, 7) is 9.47. The highest BCUT2D eigenvalue weighted by molar-refractivity contribution is 5.94. The molecule has 0 aliphatic heterocycles. The van der Waals surface area contributed by atoms with Gasteiger partial charge in [-0.2, -0.15) is 0 Å². The van der Waals surface area contributed by atoms with Gasteiger partial charge in [0.2, 0.25) is 5.91 Å². The van der Waals surface area contributed by atoms with Gasteiger partial charge in [0.25, 0.3) is 0 Å². The van der Waals surface area contributed by atoms with Crippen molar-refractivity contribution in [3.8, 4) is 11.5 Å². The number of anilines is 1. The highest BCUT2D eigenvalue weighted by Gasteiger charge is 2.27. The zero-order valence-electron chi connectivity index (χ0n) is 20.9. The Morgan fingerprint density at radius 1 is 0.970 bits per heavy atom. The largest absolute Gasteiger partial charge is 0.494 e. The van der Waals surface area contributed by atoms with Gasteiger partial charge in [-0.25, -0.2) is 0 Å². The van der Waals surface area contributed by atoms with Crippen LogP contribution in [0.3, 0.4) is 0 Å². The molecule has 1 aliphatic carbocycles. The van der Waals surface area contributed by atoms with Gasteiger partial charge in [-0.15, -0.1) is 0 Å². The molecule has 33 heavy (non-hydrogen) atoms. The Balaban J connectivity index is 1.39. The summed E-state index contributed by atoms with van der Waals surface area (Å²) in [6.07, 6.45) is 9.54. The summed E-state index contributed by atoms with van der Waals surface area (Å²) in [5.41, 5.74) is 2.66. The molecule has 1 N–H and O–H groups in total. The zero-order chi connectivity index (χ0) is 23.7. The monoisotopic (exact) mass is 451 g/mol. The molecule has 0 radical (unpaired) electrons. The van der Waals surface area contributed by atoms with E-state index >= 15 is 0 Å². The van der Waals surface area contributed by atoms with Gasteiger partial charge in [0, 0.05) is 11.1 Å². The van der Waals surface area contributed by atoms with Crippen LogP contribution in [-0.2, 0) is 4.79 Å². The molecule has 4 nitrogen and oxygen atoms in total. The van der Waals surface area contributed by atoms with Gasteiger partial charge in [0.1, 0.15) is 11.5 Å². The maximum absolute atomic E-state index is 12.8. The van der Waals surface area contributed by atoms with Crippen molar-refractivity contribution in [1.29, 1.82) is 0 Å². The van der Waals surface area contributed by atoms with E-state index < -0.39 is 5.41 Å². The van der Waals surface area contributed by atoms with E-state index in [1.54, 1.807) is 0 Å². The number of hydrogen-bond acceptors (Lipinski definition) is 3. The van der Waals surface area contributed by atoms with Gasteiger partial charge >= 0.3 is 0 Å². The normalized spacial score (nSPS) is 14.7. The van der Waals surface area contributed by atoms with Crippen molar-refractivity contribution in [3.05, 3.63) is 53.6 Å². The second-order valence-electron chi connectivity index (χ2n) is 10.2. The third kappa shape index (κ3) is 8.10. The van der Waals surface area contributed by atoms with Crippen LogP contribution in [0.5, 0.6) is 11.5 Å². The molecule has 0 heterocycles. The number of nitrogens with one attached hydrogen (secondary N) is 1. The first-order chi connectivity index (χ1) is 15.8. The van der Waals surface area contributed by atoms with Crippen LogP contribution >= 0.6 is 0 Å². The Hall–Kier alpha value is -2.49. The van der Waals surface area contributed by atoms with Crippen LogP contribution in [0.1, 0.15) is 76.3 Å². The first-order valence-electron chi connectivity index (χ1n) is 12.6. The van der Waals surface area contributed by atoms with Crippen molar-refractivity contribution in [2.75, 3.05) is 18.5 Å². The second-order valence-corrected chi connectivity index (χ2v) is 10.2. The number of carbonyl (C=O) groups is 1. The summed E-state index contributed by atoms with van der Waals surface area (Å²) >= 11 is 0. The van der Waals surface area contributed by atoms with Crippen molar-refractivity contribution in [2.24, 2.45) is 11.3 Å². The standard InChI is InChI=1S/C29H41NO3/c1-22-11-12-23(2)27(21-22)33-19-8-18-29(3,4)28(31)30-25-13-15-26(16-14-25)32-20-17-24-9-6-5-7-10-24/h11-16,21,24H,5-10,17-20H2,1-4H3,(H,30,31). The first kappa shape index (κ1) is 25.1. The number of ether oxygens (including phenoxy) is 2. The van der Waals surface area contributed by atoms with Crippen molar-refractivity contribution >= 4 is 11.6 Å². The third-order valence-electron chi connectivity index (χ3n) is 6.79. The molecule has 180 valence electrons. The molecule has 0 saturated heterocycles. The van der Waals surface area contributed by atoms with Gasteiger partial charge < -0.3 is 14.8 Å². The van der Waals surface area contributed by atoms with E-state index in [4.69, 9.17) is 9.47 Å². The highest BCUT2D eigenvalue weighted by Crippen LogP contribution is 2.28. The summed E-state index contributed by atoms with van der Waals surface area (Å²) < 4.78 is 11.9. The summed E-state index contributed by atoms with van der Waals surface area (Å²) in [4.78, 5) is 12.8. The predicted octanol–water partition coefficient (Wildman–Crippen LogP) is 7.48. The minimum atomic E-state index is -0.472. The third-order valence-corrected chi connectivity index (χ3v) is 6.79. The molecule has 3 rings (SSSR count). The molecule has 1 aliphatic rings. The molecule has 0 unspecified atom stereocenters. The van der Waals surface area contributed by atoms with Crippen LogP contribution < -0.4 is 14.8 Å². The maximum atomic E-state index is 12.8. The van der Waals surface area contributed by atoms with E-state index in [0.29, 0.717) is 6.61 Å². The average molecular weight is 452 g/mol. The first-order valence-corrected chi connectivity index (χ1v) is 12.6. The van der Waals surface area contributed by atoms with Crippen LogP contribution in [0.25, 0.3) is 0 Å². The topological polar surface area (TPSA) is 47.6 Å². The molecule has 2 aromatic carbocycles. The van der Waals surface area contributed by atoms with E-state index in [1.807, 2.05) is 38.1 Å². The Morgan fingerprint density at radius 3 is 2.42 bits per heavy atom. The molecule has 0 aromatic heterocycles. The highest BCUT2D eigenvalue weighted by atomic mass is 16.5. The fourth-order valence-corrected chi connectivity index (χ4v) is 4.43. The SMILES string of the molecule is Cc1ccc(C)c(OCCCC(C)(C)C(=O)Nc2ccc(OCCC3CCCCC3)cc2)c1. The molecule has 0 bridgehead atoms. The van der Waals surface area contributed by atoms with E-state index in [1.165, 1.54) is 37.7 Å². The minimum absolute atomic E-state index is 0.0280.